The third-order valence-corrected chi connectivity index (χ3v) is 4.54. The van der Waals surface area contributed by atoms with Gasteiger partial charge in [-0.3, -0.25) is 9.59 Å². The molecule has 0 aromatic carbocycles. The molecule has 1 saturated heterocycles. The average Bonchev–Trinajstić information content (AvgIpc) is 3.23. The standard InChI is InChI=1S/C18H24N4O4/c1-11-9-12(2)22(10-14-5-4-8-25-14)18(24)16(11)17(23)19-7-6-15-20-13(3)21-26-15/h9,14H,4-8,10H2,1-3H3,(H,19,23)/t14-/m0/s1. The predicted molar refractivity (Wildman–Crippen MR) is 94.2 cm³/mol. The van der Waals surface area contributed by atoms with Gasteiger partial charge in [-0.05, 0) is 45.2 Å². The van der Waals surface area contributed by atoms with Crippen molar-refractivity contribution in [3.05, 3.63) is 45.0 Å². The number of hydrogen-bond donors (Lipinski definition) is 1. The van der Waals surface area contributed by atoms with Crippen LogP contribution in [0.2, 0.25) is 0 Å². The topological polar surface area (TPSA) is 99.3 Å². The molecule has 140 valence electrons. The number of carbonyl (C=O) groups excluding carboxylic acids is 1. The maximum absolute atomic E-state index is 12.9. The minimum atomic E-state index is -0.384. The first kappa shape index (κ1) is 18.3. The highest BCUT2D eigenvalue weighted by Gasteiger charge is 2.21. The van der Waals surface area contributed by atoms with Crippen LogP contribution in [-0.2, 0) is 17.7 Å². The van der Waals surface area contributed by atoms with Crippen LogP contribution in [0.4, 0.5) is 0 Å². The Kier molecular flexibility index (Phi) is 5.51. The molecule has 1 atom stereocenters. The Morgan fingerprint density at radius 2 is 2.19 bits per heavy atom. The summed E-state index contributed by atoms with van der Waals surface area (Å²) >= 11 is 0. The van der Waals surface area contributed by atoms with Crippen LogP contribution in [0.15, 0.2) is 15.4 Å². The van der Waals surface area contributed by atoms with Gasteiger partial charge in [0.1, 0.15) is 5.56 Å². The fourth-order valence-corrected chi connectivity index (χ4v) is 3.24. The van der Waals surface area contributed by atoms with Crippen molar-refractivity contribution in [1.29, 1.82) is 0 Å². The molecule has 2 aromatic heterocycles. The zero-order chi connectivity index (χ0) is 18.7. The molecule has 3 heterocycles. The van der Waals surface area contributed by atoms with Crippen molar-refractivity contribution in [2.75, 3.05) is 13.2 Å². The summed E-state index contributed by atoms with van der Waals surface area (Å²) in [6.07, 6.45) is 2.39. The van der Waals surface area contributed by atoms with Crippen molar-refractivity contribution in [1.82, 2.24) is 20.0 Å². The van der Waals surface area contributed by atoms with Crippen molar-refractivity contribution >= 4 is 5.91 Å². The first-order valence-corrected chi connectivity index (χ1v) is 8.85. The summed E-state index contributed by atoms with van der Waals surface area (Å²) in [5.41, 5.74) is 1.41. The molecule has 2 aromatic rings. The largest absolute Gasteiger partial charge is 0.376 e. The Hall–Kier alpha value is -2.48. The second kappa shape index (κ2) is 7.82. The number of aromatic nitrogens is 3. The van der Waals surface area contributed by atoms with Crippen LogP contribution in [0.1, 0.15) is 46.2 Å². The van der Waals surface area contributed by atoms with E-state index in [0.29, 0.717) is 36.8 Å². The predicted octanol–water partition coefficient (Wildman–Crippen LogP) is 1.31. The lowest BCUT2D eigenvalue weighted by atomic mass is 10.1. The molecule has 8 heteroatoms. The van der Waals surface area contributed by atoms with Gasteiger partial charge in [-0.15, -0.1) is 0 Å². The van der Waals surface area contributed by atoms with Crippen LogP contribution in [-0.4, -0.2) is 39.9 Å². The van der Waals surface area contributed by atoms with Gasteiger partial charge in [0, 0.05) is 25.3 Å². The maximum Gasteiger partial charge on any atom is 0.263 e. The number of rotatable bonds is 6. The molecule has 1 fully saturated rings. The molecular formula is C18H24N4O4. The summed E-state index contributed by atoms with van der Waals surface area (Å²) in [5, 5.41) is 6.47. The lowest BCUT2D eigenvalue weighted by Crippen LogP contribution is -2.37. The van der Waals surface area contributed by atoms with Crippen LogP contribution in [0, 0.1) is 20.8 Å². The van der Waals surface area contributed by atoms with Crippen molar-refractivity contribution in [2.45, 2.75) is 52.7 Å². The first-order valence-electron chi connectivity index (χ1n) is 8.85. The number of carbonyl (C=O) groups is 1. The Balaban J connectivity index is 1.72. The van der Waals surface area contributed by atoms with Crippen molar-refractivity contribution < 1.29 is 14.1 Å². The molecular weight excluding hydrogens is 336 g/mol. The number of nitrogens with one attached hydrogen (secondary N) is 1. The SMILES string of the molecule is Cc1noc(CCNC(=O)c2c(C)cc(C)n(C[C@@H]3CCCO3)c2=O)n1. The summed E-state index contributed by atoms with van der Waals surface area (Å²) in [5.74, 6) is 0.627. The maximum atomic E-state index is 12.9. The third-order valence-electron chi connectivity index (χ3n) is 4.54. The highest BCUT2D eigenvalue weighted by atomic mass is 16.5. The van der Waals surface area contributed by atoms with E-state index in [1.54, 1.807) is 18.4 Å². The van der Waals surface area contributed by atoms with Gasteiger partial charge in [-0.1, -0.05) is 5.16 Å². The Labute approximate surface area is 151 Å². The second-order valence-corrected chi connectivity index (χ2v) is 6.64. The van der Waals surface area contributed by atoms with Gasteiger partial charge in [0.2, 0.25) is 5.89 Å². The minimum absolute atomic E-state index is 0.0331. The van der Waals surface area contributed by atoms with Gasteiger partial charge in [0.15, 0.2) is 5.82 Å². The summed E-state index contributed by atoms with van der Waals surface area (Å²) in [6, 6.07) is 1.87. The summed E-state index contributed by atoms with van der Waals surface area (Å²) in [6.45, 7) is 6.92. The van der Waals surface area contributed by atoms with E-state index >= 15 is 0 Å². The Bertz CT molecular complexity index is 849. The smallest absolute Gasteiger partial charge is 0.263 e. The molecule has 26 heavy (non-hydrogen) atoms. The highest BCUT2D eigenvalue weighted by molar-refractivity contribution is 5.95. The van der Waals surface area contributed by atoms with E-state index in [1.165, 1.54) is 0 Å². The molecule has 1 N–H and O–H groups in total. The zero-order valence-corrected chi connectivity index (χ0v) is 15.4. The lowest BCUT2D eigenvalue weighted by molar-refractivity contribution is 0.0927. The molecule has 0 aliphatic carbocycles. The van der Waals surface area contributed by atoms with Crippen LogP contribution in [0.3, 0.4) is 0 Å². The monoisotopic (exact) mass is 360 g/mol. The lowest BCUT2D eigenvalue weighted by Gasteiger charge is -2.17. The van der Waals surface area contributed by atoms with Crippen LogP contribution in [0.5, 0.6) is 0 Å². The van der Waals surface area contributed by atoms with Crippen LogP contribution < -0.4 is 10.9 Å². The fourth-order valence-electron chi connectivity index (χ4n) is 3.24. The molecule has 1 aliphatic heterocycles. The third kappa shape index (κ3) is 4.01. The van der Waals surface area contributed by atoms with E-state index < -0.39 is 0 Å². The van der Waals surface area contributed by atoms with Crippen molar-refractivity contribution in [3.8, 4) is 0 Å². The van der Waals surface area contributed by atoms with E-state index in [-0.39, 0.29) is 23.1 Å². The number of nitrogens with zero attached hydrogens (tertiary/aromatic N) is 3. The summed E-state index contributed by atoms with van der Waals surface area (Å²) in [4.78, 5) is 29.5. The number of ether oxygens (including phenoxy) is 1. The van der Waals surface area contributed by atoms with Crippen LogP contribution >= 0.6 is 0 Å². The van der Waals surface area contributed by atoms with E-state index in [9.17, 15) is 9.59 Å². The van der Waals surface area contributed by atoms with Gasteiger partial charge in [0.05, 0.1) is 12.6 Å². The zero-order valence-electron chi connectivity index (χ0n) is 15.4. The van der Waals surface area contributed by atoms with Crippen LogP contribution in [0.25, 0.3) is 0 Å². The molecule has 3 rings (SSSR count). The van der Waals surface area contributed by atoms with E-state index in [2.05, 4.69) is 15.5 Å². The summed E-state index contributed by atoms with van der Waals surface area (Å²) < 4.78 is 12.3. The summed E-state index contributed by atoms with van der Waals surface area (Å²) in [7, 11) is 0. The van der Waals surface area contributed by atoms with Gasteiger partial charge in [-0.2, -0.15) is 4.98 Å². The molecule has 0 spiro atoms. The molecule has 0 saturated carbocycles. The quantitative estimate of drug-likeness (QED) is 0.834. The average molecular weight is 360 g/mol. The molecule has 0 radical (unpaired) electrons. The number of hydrogen-bond acceptors (Lipinski definition) is 6. The fraction of sp³-hybridized carbons (Fsp3) is 0.556. The second-order valence-electron chi connectivity index (χ2n) is 6.64. The van der Waals surface area contributed by atoms with E-state index in [1.807, 2.05) is 13.0 Å². The highest BCUT2D eigenvalue weighted by Crippen LogP contribution is 2.15. The van der Waals surface area contributed by atoms with Gasteiger partial charge >= 0.3 is 0 Å². The Morgan fingerprint density at radius 3 is 2.85 bits per heavy atom. The number of pyridine rings is 1. The Morgan fingerprint density at radius 1 is 1.38 bits per heavy atom. The van der Waals surface area contributed by atoms with Gasteiger partial charge in [0.25, 0.3) is 11.5 Å². The molecule has 8 nitrogen and oxygen atoms in total. The van der Waals surface area contributed by atoms with Crippen molar-refractivity contribution in [3.63, 3.8) is 0 Å². The minimum Gasteiger partial charge on any atom is -0.376 e. The molecule has 1 aliphatic rings. The molecule has 0 unspecified atom stereocenters. The van der Waals surface area contributed by atoms with E-state index in [0.717, 1.165) is 25.1 Å². The molecule has 0 bridgehead atoms. The normalized spacial score (nSPS) is 16.8. The number of aryl methyl sites for hydroxylation is 3. The van der Waals surface area contributed by atoms with Gasteiger partial charge < -0.3 is 19.1 Å². The number of amides is 1. The first-order chi connectivity index (χ1) is 12.5. The van der Waals surface area contributed by atoms with E-state index in [4.69, 9.17) is 9.26 Å². The molecule has 1 amide bonds. The van der Waals surface area contributed by atoms with Gasteiger partial charge in [-0.25, -0.2) is 0 Å². The van der Waals surface area contributed by atoms with Crippen molar-refractivity contribution in [2.24, 2.45) is 0 Å².